The van der Waals surface area contributed by atoms with Gasteiger partial charge in [-0.05, 0) is 41.3 Å². The minimum atomic E-state index is -0.237. The third-order valence-electron chi connectivity index (χ3n) is 3.66. The average molecular weight is 292 g/mol. The van der Waals surface area contributed by atoms with E-state index in [9.17, 15) is 4.39 Å². The van der Waals surface area contributed by atoms with Crippen LogP contribution in [0, 0.1) is 5.82 Å². The maximum Gasteiger partial charge on any atom is 0.123 e. The number of benzene rings is 2. The van der Waals surface area contributed by atoms with E-state index >= 15 is 0 Å². The van der Waals surface area contributed by atoms with Crippen molar-refractivity contribution < 1.29 is 4.39 Å². The summed E-state index contributed by atoms with van der Waals surface area (Å²) in [7, 11) is 0. The summed E-state index contributed by atoms with van der Waals surface area (Å²) in [4.78, 5) is 4.28. The van der Waals surface area contributed by atoms with E-state index in [0.717, 1.165) is 22.3 Å². The van der Waals surface area contributed by atoms with Crippen molar-refractivity contribution in [1.82, 2.24) is 4.98 Å². The number of hydrogen-bond acceptors (Lipinski definition) is 2. The summed E-state index contributed by atoms with van der Waals surface area (Å²) >= 11 is 0. The highest BCUT2D eigenvalue weighted by atomic mass is 19.1. The fourth-order valence-corrected chi connectivity index (χ4v) is 2.47. The summed E-state index contributed by atoms with van der Waals surface area (Å²) < 4.78 is 13.0. The molecule has 0 aliphatic rings. The molecule has 0 amide bonds. The van der Waals surface area contributed by atoms with Crippen LogP contribution in [0.3, 0.4) is 0 Å². The number of pyridine rings is 1. The third kappa shape index (κ3) is 3.38. The smallest absolute Gasteiger partial charge is 0.123 e. The van der Waals surface area contributed by atoms with Crippen LogP contribution >= 0.6 is 0 Å². The van der Waals surface area contributed by atoms with Gasteiger partial charge < -0.3 is 5.73 Å². The van der Waals surface area contributed by atoms with E-state index in [-0.39, 0.29) is 11.9 Å². The van der Waals surface area contributed by atoms with Crippen LogP contribution in [0.2, 0.25) is 0 Å². The van der Waals surface area contributed by atoms with Crippen molar-refractivity contribution in [3.8, 4) is 11.1 Å². The molecule has 0 saturated carbocycles. The number of rotatable bonds is 4. The fourth-order valence-electron chi connectivity index (χ4n) is 2.47. The van der Waals surface area contributed by atoms with Gasteiger partial charge in [0.05, 0.1) is 0 Å². The first-order valence-corrected chi connectivity index (χ1v) is 7.23. The molecular weight excluding hydrogens is 275 g/mol. The quantitative estimate of drug-likeness (QED) is 0.785. The maximum absolute atomic E-state index is 13.0. The van der Waals surface area contributed by atoms with Gasteiger partial charge in [0.25, 0.3) is 0 Å². The Morgan fingerprint density at radius 2 is 1.64 bits per heavy atom. The first kappa shape index (κ1) is 14.4. The molecule has 22 heavy (non-hydrogen) atoms. The lowest BCUT2D eigenvalue weighted by Crippen LogP contribution is -2.13. The number of hydrogen-bond donors (Lipinski definition) is 1. The van der Waals surface area contributed by atoms with Gasteiger partial charge in [-0.2, -0.15) is 0 Å². The normalized spacial score (nSPS) is 12.1. The summed E-state index contributed by atoms with van der Waals surface area (Å²) in [6, 6.07) is 18.4. The van der Waals surface area contributed by atoms with E-state index in [1.807, 2.05) is 36.5 Å². The van der Waals surface area contributed by atoms with Gasteiger partial charge in [-0.15, -0.1) is 0 Å². The predicted molar refractivity (Wildman–Crippen MR) is 86.7 cm³/mol. The molecule has 3 rings (SSSR count). The minimum Gasteiger partial charge on any atom is -0.324 e. The van der Waals surface area contributed by atoms with Crippen molar-refractivity contribution in [1.29, 1.82) is 0 Å². The van der Waals surface area contributed by atoms with Crippen LogP contribution in [-0.2, 0) is 6.42 Å². The van der Waals surface area contributed by atoms with Crippen molar-refractivity contribution in [3.63, 3.8) is 0 Å². The summed E-state index contributed by atoms with van der Waals surface area (Å²) in [5.74, 6) is -0.237. The molecule has 1 heterocycles. The Balaban J connectivity index is 1.81. The van der Waals surface area contributed by atoms with Crippen molar-refractivity contribution in [2.75, 3.05) is 0 Å². The van der Waals surface area contributed by atoms with Crippen LogP contribution < -0.4 is 5.73 Å². The zero-order valence-corrected chi connectivity index (χ0v) is 12.1. The average Bonchev–Trinajstić information content (AvgIpc) is 2.56. The van der Waals surface area contributed by atoms with Gasteiger partial charge in [0.2, 0.25) is 0 Å². The van der Waals surface area contributed by atoms with E-state index in [4.69, 9.17) is 5.73 Å². The molecule has 0 aliphatic carbocycles. The Kier molecular flexibility index (Phi) is 4.26. The predicted octanol–water partition coefficient (Wildman–Crippen LogP) is 4.13. The summed E-state index contributed by atoms with van der Waals surface area (Å²) in [6.07, 6.45) is 4.33. The summed E-state index contributed by atoms with van der Waals surface area (Å²) in [6.45, 7) is 0. The number of nitrogens with two attached hydrogens (primary N) is 1. The number of halogens is 1. The fraction of sp³-hybridized carbons (Fsp3) is 0.105. The van der Waals surface area contributed by atoms with E-state index in [2.05, 4.69) is 11.1 Å². The maximum atomic E-state index is 13.0. The van der Waals surface area contributed by atoms with E-state index < -0.39 is 0 Å². The molecule has 0 radical (unpaired) electrons. The van der Waals surface area contributed by atoms with Crippen LogP contribution in [0.1, 0.15) is 17.2 Å². The lowest BCUT2D eigenvalue weighted by molar-refractivity contribution is 0.628. The molecule has 0 spiro atoms. The van der Waals surface area contributed by atoms with E-state index in [1.165, 1.54) is 12.1 Å². The molecule has 1 atom stereocenters. The highest BCUT2D eigenvalue weighted by Crippen LogP contribution is 2.22. The molecule has 110 valence electrons. The highest BCUT2D eigenvalue weighted by molar-refractivity contribution is 5.62. The molecule has 0 bridgehead atoms. The Bertz CT molecular complexity index is 739. The Hall–Kier alpha value is -2.52. The van der Waals surface area contributed by atoms with E-state index in [1.54, 1.807) is 18.3 Å². The second-order valence-corrected chi connectivity index (χ2v) is 5.31. The molecular formula is C19H17FN2. The first-order valence-electron chi connectivity index (χ1n) is 7.23. The van der Waals surface area contributed by atoms with Crippen LogP contribution in [-0.4, -0.2) is 4.98 Å². The zero-order chi connectivity index (χ0) is 15.4. The Morgan fingerprint density at radius 3 is 2.36 bits per heavy atom. The number of nitrogens with zero attached hydrogens (tertiary/aromatic N) is 1. The van der Waals surface area contributed by atoms with Crippen molar-refractivity contribution in [3.05, 3.63) is 90.0 Å². The van der Waals surface area contributed by atoms with Crippen molar-refractivity contribution >= 4 is 0 Å². The molecule has 3 heteroatoms. The number of aromatic nitrogens is 1. The SMILES string of the molecule is N[C@H](Cc1cncc(-c2ccc(F)cc2)c1)c1ccccc1. The molecule has 0 unspecified atom stereocenters. The molecule has 2 N–H and O–H groups in total. The topological polar surface area (TPSA) is 38.9 Å². The van der Waals surface area contributed by atoms with Crippen molar-refractivity contribution in [2.24, 2.45) is 5.73 Å². The van der Waals surface area contributed by atoms with Gasteiger partial charge in [0.1, 0.15) is 5.82 Å². The van der Waals surface area contributed by atoms with Crippen molar-refractivity contribution in [2.45, 2.75) is 12.5 Å². The lowest BCUT2D eigenvalue weighted by atomic mass is 9.98. The van der Waals surface area contributed by atoms with Gasteiger partial charge in [0, 0.05) is 24.0 Å². The Labute approximate surface area is 129 Å². The Morgan fingerprint density at radius 1 is 0.909 bits per heavy atom. The van der Waals surface area contributed by atoms with E-state index in [0.29, 0.717) is 6.42 Å². The molecule has 1 aromatic heterocycles. The summed E-state index contributed by atoms with van der Waals surface area (Å²) in [5, 5.41) is 0. The van der Waals surface area contributed by atoms with Gasteiger partial charge in [-0.1, -0.05) is 42.5 Å². The van der Waals surface area contributed by atoms with Crippen LogP contribution in [0.4, 0.5) is 4.39 Å². The molecule has 0 saturated heterocycles. The zero-order valence-electron chi connectivity index (χ0n) is 12.1. The second-order valence-electron chi connectivity index (χ2n) is 5.31. The minimum absolute atomic E-state index is 0.0635. The largest absolute Gasteiger partial charge is 0.324 e. The lowest BCUT2D eigenvalue weighted by Gasteiger charge is -2.12. The van der Waals surface area contributed by atoms with Crippen LogP contribution in [0.5, 0.6) is 0 Å². The van der Waals surface area contributed by atoms with Crippen LogP contribution in [0.25, 0.3) is 11.1 Å². The first-order chi connectivity index (χ1) is 10.7. The van der Waals surface area contributed by atoms with Gasteiger partial charge in [-0.3, -0.25) is 4.98 Å². The molecule has 2 aromatic carbocycles. The standard InChI is InChI=1S/C19H17FN2/c20-18-8-6-15(7-9-18)17-10-14(12-22-13-17)11-19(21)16-4-2-1-3-5-16/h1-10,12-13,19H,11,21H2/t19-/m1/s1. The third-order valence-corrected chi connectivity index (χ3v) is 3.66. The molecule has 0 aliphatic heterocycles. The molecule has 3 aromatic rings. The van der Waals surface area contributed by atoms with Gasteiger partial charge in [-0.25, -0.2) is 4.39 Å². The monoisotopic (exact) mass is 292 g/mol. The van der Waals surface area contributed by atoms with Gasteiger partial charge in [0.15, 0.2) is 0 Å². The van der Waals surface area contributed by atoms with Gasteiger partial charge >= 0.3 is 0 Å². The second kappa shape index (κ2) is 6.50. The highest BCUT2D eigenvalue weighted by Gasteiger charge is 2.08. The summed E-state index contributed by atoms with van der Waals surface area (Å²) in [5.41, 5.74) is 10.4. The molecule has 2 nitrogen and oxygen atoms in total. The molecule has 0 fully saturated rings. The van der Waals surface area contributed by atoms with Crippen LogP contribution in [0.15, 0.2) is 73.1 Å².